The monoisotopic (exact) mass is 604 g/mol. The van der Waals surface area contributed by atoms with Crippen molar-refractivity contribution in [1.29, 1.82) is 0 Å². The second kappa shape index (κ2) is 13.4. The van der Waals surface area contributed by atoms with Gasteiger partial charge in [0.1, 0.15) is 0 Å². The maximum Gasteiger partial charge on any atom is 0.207 e. The van der Waals surface area contributed by atoms with Crippen LogP contribution >= 0.6 is 14.6 Å². The summed E-state index contributed by atoms with van der Waals surface area (Å²) < 4.78 is 35.5. The number of nitrogens with zero attached hydrogens (tertiary/aromatic N) is 2. The van der Waals surface area contributed by atoms with E-state index in [1.165, 1.54) is 5.56 Å². The first-order chi connectivity index (χ1) is 21.1. The van der Waals surface area contributed by atoms with Crippen molar-refractivity contribution < 1.29 is 9.13 Å². The highest BCUT2D eigenvalue weighted by molar-refractivity contribution is 7.77. The smallest absolute Gasteiger partial charge is 0.207 e. The van der Waals surface area contributed by atoms with E-state index in [0.29, 0.717) is 13.1 Å². The SMILES string of the molecule is O=P(c1ccccc1)(c1ccccc1)N(CCc1ccccc1)C[C@@H]1CCCN1P(=O)(c1ccccc1)c1ccccc1. The van der Waals surface area contributed by atoms with Gasteiger partial charge in [-0.05, 0) is 73.4 Å². The quantitative estimate of drug-likeness (QED) is 0.155. The molecule has 43 heavy (non-hydrogen) atoms. The molecule has 0 bridgehead atoms. The molecule has 0 amide bonds. The van der Waals surface area contributed by atoms with Gasteiger partial charge in [0.15, 0.2) is 0 Å². The molecule has 1 atom stereocenters. The van der Waals surface area contributed by atoms with Crippen LogP contribution in [-0.2, 0) is 15.6 Å². The van der Waals surface area contributed by atoms with Crippen LogP contribution in [0, 0.1) is 0 Å². The van der Waals surface area contributed by atoms with Gasteiger partial charge in [0, 0.05) is 46.9 Å². The molecular formula is C37H38N2O2P2. The summed E-state index contributed by atoms with van der Waals surface area (Å²) in [5.41, 5.74) is 1.21. The molecule has 1 aliphatic rings. The zero-order valence-electron chi connectivity index (χ0n) is 24.4. The summed E-state index contributed by atoms with van der Waals surface area (Å²) in [6, 6.07) is 50.0. The van der Waals surface area contributed by atoms with E-state index in [-0.39, 0.29) is 6.04 Å². The summed E-state index contributed by atoms with van der Waals surface area (Å²) in [4.78, 5) is 0. The fourth-order valence-electron chi connectivity index (χ4n) is 6.31. The summed E-state index contributed by atoms with van der Waals surface area (Å²) in [5.74, 6) is 0. The fourth-order valence-corrected chi connectivity index (χ4v) is 12.3. The molecule has 1 fully saturated rings. The highest BCUT2D eigenvalue weighted by Gasteiger charge is 2.44. The van der Waals surface area contributed by atoms with Crippen LogP contribution in [0.4, 0.5) is 0 Å². The molecule has 0 unspecified atom stereocenters. The van der Waals surface area contributed by atoms with Crippen molar-refractivity contribution in [3.63, 3.8) is 0 Å². The predicted octanol–water partition coefficient (Wildman–Crippen LogP) is 6.85. The Morgan fingerprint density at radius 2 is 1.00 bits per heavy atom. The molecule has 6 heteroatoms. The molecule has 5 aromatic rings. The van der Waals surface area contributed by atoms with Gasteiger partial charge in [0.2, 0.25) is 14.6 Å². The van der Waals surface area contributed by atoms with Gasteiger partial charge >= 0.3 is 0 Å². The lowest BCUT2D eigenvalue weighted by molar-refractivity contribution is 0.312. The van der Waals surface area contributed by atoms with E-state index in [4.69, 9.17) is 0 Å². The summed E-state index contributed by atoms with van der Waals surface area (Å²) in [6.45, 7) is 1.91. The second-order valence-electron chi connectivity index (χ2n) is 11.1. The lowest BCUT2D eigenvalue weighted by Crippen LogP contribution is -2.44. The third-order valence-corrected chi connectivity index (χ3v) is 14.9. The van der Waals surface area contributed by atoms with E-state index >= 15 is 9.13 Å². The van der Waals surface area contributed by atoms with Gasteiger partial charge < -0.3 is 0 Å². The fraction of sp³-hybridized carbons (Fsp3) is 0.189. The summed E-state index contributed by atoms with van der Waals surface area (Å²) >= 11 is 0. The molecule has 0 N–H and O–H groups in total. The van der Waals surface area contributed by atoms with Gasteiger partial charge in [-0.2, -0.15) is 0 Å². The molecule has 4 nitrogen and oxygen atoms in total. The van der Waals surface area contributed by atoms with Crippen LogP contribution in [0.25, 0.3) is 0 Å². The number of benzene rings is 5. The molecule has 0 aromatic heterocycles. The molecule has 1 heterocycles. The van der Waals surface area contributed by atoms with Crippen LogP contribution in [0.5, 0.6) is 0 Å². The average Bonchev–Trinajstić information content (AvgIpc) is 3.57. The Morgan fingerprint density at radius 3 is 1.47 bits per heavy atom. The Morgan fingerprint density at radius 1 is 0.581 bits per heavy atom. The number of rotatable bonds is 11. The van der Waals surface area contributed by atoms with E-state index in [9.17, 15) is 0 Å². The minimum absolute atomic E-state index is 0.0252. The van der Waals surface area contributed by atoms with Crippen LogP contribution in [0.3, 0.4) is 0 Å². The van der Waals surface area contributed by atoms with Crippen molar-refractivity contribution in [1.82, 2.24) is 9.34 Å². The predicted molar refractivity (Wildman–Crippen MR) is 181 cm³/mol. The Bertz CT molecular complexity index is 1600. The Hall–Kier alpha value is -3.52. The first-order valence-electron chi connectivity index (χ1n) is 15.1. The molecule has 0 aliphatic carbocycles. The van der Waals surface area contributed by atoms with Crippen molar-refractivity contribution >= 4 is 35.8 Å². The first kappa shape index (κ1) is 29.5. The van der Waals surface area contributed by atoms with Gasteiger partial charge in [0.05, 0.1) is 0 Å². The molecule has 1 saturated heterocycles. The lowest BCUT2D eigenvalue weighted by atomic mass is 10.1. The van der Waals surface area contributed by atoms with E-state index in [1.807, 2.05) is 127 Å². The van der Waals surface area contributed by atoms with Crippen LogP contribution < -0.4 is 21.2 Å². The van der Waals surface area contributed by atoms with E-state index < -0.39 is 14.6 Å². The van der Waals surface area contributed by atoms with E-state index in [1.54, 1.807) is 0 Å². The maximum absolute atomic E-state index is 15.7. The molecule has 0 saturated carbocycles. The van der Waals surface area contributed by atoms with Crippen molar-refractivity contribution in [2.75, 3.05) is 19.6 Å². The molecule has 0 radical (unpaired) electrons. The third kappa shape index (κ3) is 6.12. The minimum atomic E-state index is -3.23. The highest BCUT2D eigenvalue weighted by atomic mass is 31.2. The summed E-state index contributed by atoms with van der Waals surface area (Å²) in [7, 11) is -6.37. The van der Waals surface area contributed by atoms with Crippen molar-refractivity contribution in [3.8, 4) is 0 Å². The standard InChI is InChI=1S/C37H38N2O2P2/c40-42(34-20-8-2-9-21-34,35-22-10-3-11-23-35)38(30-28-32-17-6-1-7-18-32)31-33-19-16-29-39(33)43(41,36-24-12-4-13-25-36)37-26-14-5-15-27-37/h1-15,17-18,20-27,33H,16,19,28-31H2/t33-/m0/s1. The van der Waals surface area contributed by atoms with Gasteiger partial charge in [0.25, 0.3) is 0 Å². The molecule has 218 valence electrons. The van der Waals surface area contributed by atoms with Crippen molar-refractivity contribution in [2.24, 2.45) is 0 Å². The highest BCUT2D eigenvalue weighted by Crippen LogP contribution is 2.54. The first-order valence-corrected chi connectivity index (χ1v) is 18.4. The lowest BCUT2D eigenvalue weighted by Gasteiger charge is -2.39. The van der Waals surface area contributed by atoms with Gasteiger partial charge in [-0.1, -0.05) is 103 Å². The molecule has 5 aromatic carbocycles. The average molecular weight is 605 g/mol. The zero-order chi connectivity index (χ0) is 29.5. The van der Waals surface area contributed by atoms with Gasteiger partial charge in [-0.15, -0.1) is 0 Å². The topological polar surface area (TPSA) is 40.6 Å². The van der Waals surface area contributed by atoms with Crippen LogP contribution in [0.1, 0.15) is 18.4 Å². The van der Waals surface area contributed by atoms with Crippen molar-refractivity contribution in [3.05, 3.63) is 157 Å². The summed E-state index contributed by atoms with van der Waals surface area (Å²) in [5, 5.41) is 3.35. The summed E-state index contributed by atoms with van der Waals surface area (Å²) in [6.07, 6.45) is 2.61. The molecule has 6 rings (SSSR count). The van der Waals surface area contributed by atoms with E-state index in [0.717, 1.165) is 47.0 Å². The maximum atomic E-state index is 15.7. The third-order valence-electron chi connectivity index (χ3n) is 8.45. The number of hydrogen-bond acceptors (Lipinski definition) is 2. The molecule has 0 spiro atoms. The van der Waals surface area contributed by atoms with Crippen LogP contribution in [0.15, 0.2) is 152 Å². The zero-order valence-corrected chi connectivity index (χ0v) is 26.1. The second-order valence-corrected chi connectivity index (χ2v) is 16.6. The Balaban J connectivity index is 1.43. The van der Waals surface area contributed by atoms with E-state index in [2.05, 4.69) is 33.6 Å². The van der Waals surface area contributed by atoms with Crippen LogP contribution in [-0.4, -0.2) is 35.0 Å². The van der Waals surface area contributed by atoms with Crippen LogP contribution in [0.2, 0.25) is 0 Å². The normalized spacial score (nSPS) is 16.0. The number of hydrogen-bond donors (Lipinski definition) is 0. The Kier molecular flexibility index (Phi) is 9.22. The largest absolute Gasteiger partial charge is 0.296 e. The van der Waals surface area contributed by atoms with Gasteiger partial charge in [-0.3, -0.25) is 9.13 Å². The molecule has 1 aliphatic heterocycles. The minimum Gasteiger partial charge on any atom is -0.296 e. The van der Waals surface area contributed by atoms with Crippen molar-refractivity contribution in [2.45, 2.75) is 25.3 Å². The Labute approximate surface area is 255 Å². The van der Waals surface area contributed by atoms with Gasteiger partial charge in [-0.25, -0.2) is 9.34 Å². The molecular weight excluding hydrogens is 566 g/mol.